The normalized spacial score (nSPS) is 15.3. The number of fused-ring (bicyclic) bond motifs is 1. The maximum absolute atomic E-state index is 12.8. The summed E-state index contributed by atoms with van der Waals surface area (Å²) in [5.74, 6) is -0.780. The first-order valence-electron chi connectivity index (χ1n) is 9.29. The van der Waals surface area contributed by atoms with E-state index < -0.39 is 5.91 Å². The van der Waals surface area contributed by atoms with E-state index in [1.165, 1.54) is 5.01 Å². The maximum Gasteiger partial charge on any atom is 0.282 e. The number of carbonyl (C=O) groups is 2. The van der Waals surface area contributed by atoms with Gasteiger partial charge in [0.05, 0.1) is 5.69 Å². The number of carbonyl (C=O) groups excluding carboxylic acids is 2. The second kappa shape index (κ2) is 6.80. The number of nitrogens with one attached hydrogen (secondary N) is 1. The highest BCUT2D eigenvalue weighted by atomic mass is 16.2. The molecule has 1 aromatic heterocycles. The molecule has 0 aliphatic carbocycles. The summed E-state index contributed by atoms with van der Waals surface area (Å²) in [6.07, 6.45) is 3.55. The van der Waals surface area contributed by atoms with E-state index in [2.05, 4.69) is 29.7 Å². The fourth-order valence-electron chi connectivity index (χ4n) is 3.54. The third kappa shape index (κ3) is 2.99. The van der Waals surface area contributed by atoms with Crippen molar-refractivity contribution in [2.24, 2.45) is 0 Å². The Hall–Kier alpha value is -4.12. The van der Waals surface area contributed by atoms with E-state index in [4.69, 9.17) is 0 Å². The molecule has 0 radical (unpaired) electrons. The Morgan fingerprint density at radius 3 is 2.31 bits per heavy atom. The van der Waals surface area contributed by atoms with Crippen LogP contribution >= 0.6 is 0 Å². The van der Waals surface area contributed by atoms with Gasteiger partial charge >= 0.3 is 0 Å². The van der Waals surface area contributed by atoms with E-state index in [9.17, 15) is 9.59 Å². The Kier molecular flexibility index (Phi) is 3.99. The van der Waals surface area contributed by atoms with E-state index in [1.54, 1.807) is 18.2 Å². The third-order valence-corrected chi connectivity index (χ3v) is 4.99. The maximum atomic E-state index is 12.8. The molecule has 2 heterocycles. The smallest absolute Gasteiger partial charge is 0.282 e. The lowest BCUT2D eigenvalue weighted by molar-refractivity contribution is -0.117. The van der Waals surface area contributed by atoms with Crippen molar-refractivity contribution in [3.8, 4) is 5.69 Å². The van der Waals surface area contributed by atoms with Gasteiger partial charge in [0.25, 0.3) is 11.8 Å². The van der Waals surface area contributed by atoms with Gasteiger partial charge in [-0.1, -0.05) is 48.5 Å². The monoisotopic (exact) mass is 379 g/mol. The number of aromatic nitrogens is 1. The van der Waals surface area contributed by atoms with Crippen LogP contribution in [0.3, 0.4) is 0 Å². The van der Waals surface area contributed by atoms with Crippen molar-refractivity contribution in [3.05, 3.63) is 102 Å². The Bertz CT molecular complexity index is 1270. The molecule has 1 aliphatic rings. The molecule has 1 saturated heterocycles. The summed E-state index contributed by atoms with van der Waals surface area (Å²) in [5, 5.41) is 3.56. The zero-order valence-electron chi connectivity index (χ0n) is 15.4. The van der Waals surface area contributed by atoms with Crippen LogP contribution < -0.4 is 10.4 Å². The molecule has 1 fully saturated rings. The summed E-state index contributed by atoms with van der Waals surface area (Å²) < 4.78 is 1.96. The topological polar surface area (TPSA) is 54.3 Å². The van der Waals surface area contributed by atoms with Crippen LogP contribution in [0.4, 0.5) is 5.69 Å². The van der Waals surface area contributed by atoms with Crippen LogP contribution in [0.25, 0.3) is 22.5 Å². The minimum absolute atomic E-state index is 0.106. The molecule has 29 heavy (non-hydrogen) atoms. The van der Waals surface area contributed by atoms with E-state index in [0.717, 1.165) is 22.2 Å². The second-order valence-corrected chi connectivity index (χ2v) is 6.81. The number of nitrogens with zero attached hydrogens (tertiary/aromatic N) is 2. The third-order valence-electron chi connectivity index (χ3n) is 4.99. The van der Waals surface area contributed by atoms with Crippen LogP contribution in [0.15, 0.2) is 96.7 Å². The van der Waals surface area contributed by atoms with Crippen LogP contribution in [0, 0.1) is 0 Å². The Morgan fingerprint density at radius 2 is 1.48 bits per heavy atom. The molecule has 0 atom stereocenters. The van der Waals surface area contributed by atoms with Crippen LogP contribution in [0.1, 0.15) is 5.69 Å². The Labute approximate surface area is 167 Å². The largest absolute Gasteiger partial charge is 0.317 e. The van der Waals surface area contributed by atoms with E-state index in [-0.39, 0.29) is 11.5 Å². The van der Waals surface area contributed by atoms with Crippen LogP contribution in [0.5, 0.6) is 0 Å². The van der Waals surface area contributed by atoms with Gasteiger partial charge in [0.2, 0.25) is 0 Å². The van der Waals surface area contributed by atoms with Crippen LogP contribution in [0.2, 0.25) is 0 Å². The average Bonchev–Trinajstić information content (AvgIpc) is 3.34. The number of hydrogen-bond acceptors (Lipinski definition) is 2. The summed E-state index contributed by atoms with van der Waals surface area (Å²) in [4.78, 5) is 25.3. The first-order chi connectivity index (χ1) is 14.2. The first-order valence-corrected chi connectivity index (χ1v) is 9.29. The lowest BCUT2D eigenvalue weighted by atomic mass is 10.1. The summed E-state index contributed by atoms with van der Waals surface area (Å²) >= 11 is 0. The fourth-order valence-corrected chi connectivity index (χ4v) is 3.54. The molecule has 1 N–H and O–H groups in total. The average molecular weight is 379 g/mol. The van der Waals surface area contributed by atoms with Gasteiger partial charge in [0.15, 0.2) is 0 Å². The van der Waals surface area contributed by atoms with Crippen molar-refractivity contribution in [2.45, 2.75) is 0 Å². The van der Waals surface area contributed by atoms with Crippen molar-refractivity contribution in [1.29, 1.82) is 0 Å². The molecule has 1 aliphatic heterocycles. The van der Waals surface area contributed by atoms with Gasteiger partial charge in [0.1, 0.15) is 5.57 Å². The van der Waals surface area contributed by atoms with Gasteiger partial charge in [-0.25, -0.2) is 5.01 Å². The zero-order chi connectivity index (χ0) is 19.8. The zero-order valence-corrected chi connectivity index (χ0v) is 15.4. The number of amides is 2. The number of hydrazine groups is 1. The molecule has 0 spiro atoms. The number of rotatable bonds is 3. The summed E-state index contributed by atoms with van der Waals surface area (Å²) in [5.41, 5.74) is 5.09. The summed E-state index contributed by atoms with van der Waals surface area (Å²) in [6, 6.07) is 27.2. The Balaban J connectivity index is 1.53. The predicted molar refractivity (Wildman–Crippen MR) is 113 cm³/mol. The van der Waals surface area contributed by atoms with Crippen molar-refractivity contribution < 1.29 is 9.59 Å². The molecule has 3 aromatic carbocycles. The van der Waals surface area contributed by atoms with Gasteiger partial charge in [-0.2, -0.15) is 0 Å². The molecule has 4 aromatic rings. The summed E-state index contributed by atoms with van der Waals surface area (Å²) in [7, 11) is 0. The molecule has 5 heteroatoms. The highest BCUT2D eigenvalue weighted by molar-refractivity contribution is 6.31. The van der Waals surface area contributed by atoms with Crippen molar-refractivity contribution in [3.63, 3.8) is 0 Å². The van der Waals surface area contributed by atoms with Crippen molar-refractivity contribution in [1.82, 2.24) is 9.99 Å². The van der Waals surface area contributed by atoms with Crippen LogP contribution in [-0.4, -0.2) is 16.4 Å². The van der Waals surface area contributed by atoms with E-state index in [1.807, 2.05) is 59.3 Å². The molecule has 0 bridgehead atoms. The minimum Gasteiger partial charge on any atom is -0.317 e. The highest BCUT2D eigenvalue weighted by Crippen LogP contribution is 2.24. The Morgan fingerprint density at radius 1 is 0.724 bits per heavy atom. The second-order valence-electron chi connectivity index (χ2n) is 6.81. The molecule has 0 saturated carbocycles. The molecule has 140 valence electrons. The highest BCUT2D eigenvalue weighted by Gasteiger charge is 2.34. The molecule has 2 amide bonds. The predicted octanol–water partition coefficient (Wildman–Crippen LogP) is 4.09. The van der Waals surface area contributed by atoms with Crippen molar-refractivity contribution >= 4 is 34.4 Å². The molecular formula is C24H17N3O2. The van der Waals surface area contributed by atoms with Gasteiger partial charge in [0, 0.05) is 17.6 Å². The number of para-hydroxylation sites is 1. The molecular weight excluding hydrogens is 362 g/mol. The standard InChI is InChI=1S/C24H17N3O2/c28-23-22(24(29)27(25-23)19-9-2-1-3-10-19)16-20-11-6-14-26(20)21-13-12-17-7-4-5-8-18(17)15-21/h1-16H,(H,25,28). The quantitative estimate of drug-likeness (QED) is 0.431. The van der Waals surface area contributed by atoms with Gasteiger partial charge in [-0.3, -0.25) is 15.0 Å². The fraction of sp³-hybridized carbons (Fsp3) is 0. The van der Waals surface area contributed by atoms with E-state index in [0.29, 0.717) is 5.69 Å². The van der Waals surface area contributed by atoms with Gasteiger partial charge in [-0.05, 0) is 53.2 Å². The van der Waals surface area contributed by atoms with Gasteiger partial charge in [-0.15, -0.1) is 0 Å². The number of hydrogen-bond donors (Lipinski definition) is 1. The lowest BCUT2D eigenvalue weighted by Gasteiger charge is -2.13. The molecule has 0 unspecified atom stereocenters. The minimum atomic E-state index is -0.412. The van der Waals surface area contributed by atoms with Crippen molar-refractivity contribution in [2.75, 3.05) is 5.01 Å². The number of anilines is 1. The SMILES string of the molecule is O=C1NN(c2ccccc2)C(=O)C1=Cc1cccn1-c1ccc2ccccc2c1. The summed E-state index contributed by atoms with van der Waals surface area (Å²) in [6.45, 7) is 0. The van der Waals surface area contributed by atoms with E-state index >= 15 is 0 Å². The molecule has 5 rings (SSSR count). The molecule has 5 nitrogen and oxygen atoms in total. The number of benzene rings is 3. The first kappa shape index (κ1) is 17.0. The van der Waals surface area contributed by atoms with Gasteiger partial charge < -0.3 is 4.57 Å². The lowest BCUT2D eigenvalue weighted by Crippen LogP contribution is -2.35. The van der Waals surface area contributed by atoms with Crippen LogP contribution in [-0.2, 0) is 9.59 Å².